The molecule has 2 N–H and O–H groups in total. The van der Waals surface area contributed by atoms with Crippen LogP contribution in [0.25, 0.3) is 10.9 Å². The van der Waals surface area contributed by atoms with Crippen molar-refractivity contribution >= 4 is 28.4 Å². The lowest BCUT2D eigenvalue weighted by atomic mass is 9.87. The second-order valence-corrected chi connectivity index (χ2v) is 12.1. The second kappa shape index (κ2) is 13.4. The van der Waals surface area contributed by atoms with Crippen LogP contribution in [0.5, 0.6) is 0 Å². The maximum Gasteiger partial charge on any atom is 0.267 e. The first-order chi connectivity index (χ1) is 20.3. The fourth-order valence-corrected chi connectivity index (χ4v) is 5.37. The Morgan fingerprint density at radius 3 is 2.33 bits per heavy atom. The van der Waals surface area contributed by atoms with E-state index in [4.69, 9.17) is 4.74 Å². The molecule has 7 heteroatoms. The van der Waals surface area contributed by atoms with Crippen molar-refractivity contribution in [2.45, 2.75) is 45.6 Å². The summed E-state index contributed by atoms with van der Waals surface area (Å²) in [6.45, 7) is 11.8. The summed E-state index contributed by atoms with van der Waals surface area (Å²) in [7, 11) is 0. The number of anilines is 1. The molecular weight excluding hydrogens is 524 g/mol. The minimum absolute atomic E-state index is 0.0300. The van der Waals surface area contributed by atoms with Gasteiger partial charge in [-0.2, -0.15) is 0 Å². The molecule has 0 bridgehead atoms. The number of benzene rings is 3. The number of rotatable bonds is 10. The first-order valence-electron chi connectivity index (χ1n) is 14.9. The lowest BCUT2D eigenvalue weighted by Crippen LogP contribution is -2.41. The number of nitrogens with one attached hydrogen (secondary N) is 2. The first kappa shape index (κ1) is 29.5. The molecule has 2 heterocycles. The number of hydrogen-bond acceptors (Lipinski definition) is 4. The molecule has 1 aliphatic rings. The SMILES string of the molecule is CC(C)(C)c1ccc(Cn2c(C(=O)NCCN3CCOCC3)cc3cc(NC(=O)CCc4ccccc4)ccc32)cc1. The molecule has 0 saturated carbocycles. The molecule has 0 aliphatic carbocycles. The molecule has 220 valence electrons. The van der Waals surface area contributed by atoms with Crippen LogP contribution in [0.4, 0.5) is 5.69 Å². The van der Waals surface area contributed by atoms with Crippen LogP contribution in [0, 0.1) is 0 Å². The van der Waals surface area contributed by atoms with E-state index in [2.05, 4.69) is 65.1 Å². The maximum atomic E-state index is 13.5. The van der Waals surface area contributed by atoms with Crippen molar-refractivity contribution in [3.63, 3.8) is 0 Å². The van der Waals surface area contributed by atoms with Crippen molar-refractivity contribution in [2.24, 2.45) is 0 Å². The van der Waals surface area contributed by atoms with Crippen LogP contribution in [-0.2, 0) is 27.9 Å². The molecule has 1 aliphatic heterocycles. The molecule has 1 aromatic heterocycles. The molecule has 0 atom stereocenters. The molecule has 2 amide bonds. The van der Waals surface area contributed by atoms with Gasteiger partial charge in [-0.1, -0.05) is 75.4 Å². The summed E-state index contributed by atoms with van der Waals surface area (Å²) in [5, 5.41) is 7.09. The summed E-state index contributed by atoms with van der Waals surface area (Å²) in [6.07, 6.45) is 1.10. The monoisotopic (exact) mass is 566 g/mol. The van der Waals surface area contributed by atoms with E-state index in [1.165, 1.54) is 5.56 Å². The number of aromatic nitrogens is 1. The Hall–Kier alpha value is -3.94. The lowest BCUT2D eigenvalue weighted by molar-refractivity contribution is -0.116. The van der Waals surface area contributed by atoms with Gasteiger partial charge in [-0.05, 0) is 52.8 Å². The van der Waals surface area contributed by atoms with Crippen LogP contribution in [0.3, 0.4) is 0 Å². The normalized spacial score (nSPS) is 14.2. The van der Waals surface area contributed by atoms with Crippen molar-refractivity contribution < 1.29 is 14.3 Å². The van der Waals surface area contributed by atoms with Crippen LogP contribution in [0.15, 0.2) is 78.9 Å². The fraction of sp³-hybridized carbons (Fsp3) is 0.371. The average molecular weight is 567 g/mol. The Balaban J connectivity index is 1.34. The fourth-order valence-electron chi connectivity index (χ4n) is 5.37. The zero-order valence-corrected chi connectivity index (χ0v) is 25.0. The maximum absolute atomic E-state index is 13.5. The van der Waals surface area contributed by atoms with Crippen molar-refractivity contribution in [3.8, 4) is 0 Å². The lowest BCUT2D eigenvalue weighted by Gasteiger charge is -2.26. The summed E-state index contributed by atoms with van der Waals surface area (Å²) in [6, 6.07) is 26.5. The number of nitrogens with zero attached hydrogens (tertiary/aromatic N) is 2. The third-order valence-corrected chi connectivity index (χ3v) is 7.88. The standard InChI is InChI=1S/C35H42N4O3/c1-35(2,3)29-12-9-27(10-13-29)25-39-31-15-14-30(37-33(40)16-11-26-7-5-4-6-8-26)23-28(31)24-32(39)34(41)36-17-18-38-19-21-42-22-20-38/h4-10,12-15,23-24H,11,16-22,25H2,1-3H3,(H,36,41)(H,37,40). The van der Waals surface area contributed by atoms with Crippen molar-refractivity contribution in [2.75, 3.05) is 44.7 Å². The third-order valence-electron chi connectivity index (χ3n) is 7.88. The molecule has 0 radical (unpaired) electrons. The minimum atomic E-state index is -0.0979. The van der Waals surface area contributed by atoms with Gasteiger partial charge in [0.1, 0.15) is 5.69 Å². The predicted molar refractivity (Wildman–Crippen MR) is 169 cm³/mol. The number of morpholine rings is 1. The molecule has 0 spiro atoms. The zero-order valence-electron chi connectivity index (χ0n) is 25.0. The number of ether oxygens (including phenoxy) is 1. The van der Waals surface area contributed by atoms with Gasteiger partial charge >= 0.3 is 0 Å². The first-order valence-corrected chi connectivity index (χ1v) is 14.9. The zero-order chi connectivity index (χ0) is 29.5. The van der Waals surface area contributed by atoms with Gasteiger partial charge in [0.25, 0.3) is 5.91 Å². The van der Waals surface area contributed by atoms with E-state index in [1.54, 1.807) is 0 Å². The third kappa shape index (κ3) is 7.66. The van der Waals surface area contributed by atoms with Gasteiger partial charge in [0.2, 0.25) is 5.91 Å². The molecule has 1 saturated heterocycles. The van der Waals surface area contributed by atoms with Crippen LogP contribution >= 0.6 is 0 Å². The molecule has 42 heavy (non-hydrogen) atoms. The smallest absolute Gasteiger partial charge is 0.267 e. The van der Waals surface area contributed by atoms with Crippen LogP contribution in [0.1, 0.15) is 54.4 Å². The number of fused-ring (bicyclic) bond motifs is 1. The second-order valence-electron chi connectivity index (χ2n) is 12.1. The summed E-state index contributed by atoms with van der Waals surface area (Å²) >= 11 is 0. The van der Waals surface area contributed by atoms with Gasteiger partial charge in [0.05, 0.1) is 13.2 Å². The van der Waals surface area contributed by atoms with E-state index in [1.807, 2.05) is 54.6 Å². The van der Waals surface area contributed by atoms with Crippen molar-refractivity contribution in [1.82, 2.24) is 14.8 Å². The highest BCUT2D eigenvalue weighted by Crippen LogP contribution is 2.27. The van der Waals surface area contributed by atoms with Crippen LogP contribution < -0.4 is 10.6 Å². The Kier molecular flexibility index (Phi) is 9.40. The molecule has 7 nitrogen and oxygen atoms in total. The van der Waals surface area contributed by atoms with E-state index in [-0.39, 0.29) is 17.2 Å². The largest absolute Gasteiger partial charge is 0.379 e. The molecule has 1 fully saturated rings. The number of aryl methyl sites for hydroxylation is 1. The average Bonchev–Trinajstić information content (AvgIpc) is 3.34. The van der Waals surface area contributed by atoms with Gasteiger partial charge < -0.3 is 19.9 Å². The summed E-state index contributed by atoms with van der Waals surface area (Å²) < 4.78 is 7.51. The van der Waals surface area contributed by atoms with E-state index in [0.717, 1.165) is 60.6 Å². The van der Waals surface area contributed by atoms with E-state index < -0.39 is 0 Å². The Labute approximate surface area is 248 Å². The molecular formula is C35H42N4O3. The van der Waals surface area contributed by atoms with Gasteiger partial charge in [-0.25, -0.2) is 0 Å². The molecule has 5 rings (SSSR count). The van der Waals surface area contributed by atoms with E-state index >= 15 is 0 Å². The van der Waals surface area contributed by atoms with Gasteiger partial charge in [-0.3, -0.25) is 14.5 Å². The Bertz CT molecular complexity index is 1500. The predicted octanol–water partition coefficient (Wildman–Crippen LogP) is 5.62. The number of hydrogen-bond donors (Lipinski definition) is 2. The highest BCUT2D eigenvalue weighted by Gasteiger charge is 2.19. The van der Waals surface area contributed by atoms with Crippen LogP contribution in [0.2, 0.25) is 0 Å². The summed E-state index contributed by atoms with van der Waals surface area (Å²) in [5.74, 6) is -0.128. The molecule has 3 aromatic carbocycles. The van der Waals surface area contributed by atoms with Gasteiger partial charge in [-0.15, -0.1) is 0 Å². The van der Waals surface area contributed by atoms with Crippen LogP contribution in [-0.4, -0.2) is 60.7 Å². The van der Waals surface area contributed by atoms with Gasteiger partial charge in [0.15, 0.2) is 0 Å². The summed E-state index contributed by atoms with van der Waals surface area (Å²) in [4.78, 5) is 28.5. The van der Waals surface area contributed by atoms with E-state index in [0.29, 0.717) is 31.6 Å². The summed E-state index contributed by atoms with van der Waals surface area (Å²) in [5.41, 5.74) is 5.91. The number of carbonyl (C=O) groups excluding carboxylic acids is 2. The molecule has 0 unspecified atom stereocenters. The number of carbonyl (C=O) groups is 2. The molecule has 4 aromatic rings. The quantitative estimate of drug-likeness (QED) is 0.261. The highest BCUT2D eigenvalue weighted by molar-refractivity contribution is 6.00. The van der Waals surface area contributed by atoms with Gasteiger partial charge in [0, 0.05) is 55.7 Å². The number of amides is 2. The topological polar surface area (TPSA) is 75.6 Å². The van der Waals surface area contributed by atoms with Crippen molar-refractivity contribution in [1.29, 1.82) is 0 Å². The van der Waals surface area contributed by atoms with E-state index in [9.17, 15) is 9.59 Å². The minimum Gasteiger partial charge on any atom is -0.379 e. The van der Waals surface area contributed by atoms with Crippen molar-refractivity contribution in [3.05, 3.63) is 101 Å². The Morgan fingerprint density at radius 1 is 0.881 bits per heavy atom. The Morgan fingerprint density at radius 2 is 1.62 bits per heavy atom. The highest BCUT2D eigenvalue weighted by atomic mass is 16.5.